The van der Waals surface area contributed by atoms with Crippen LogP contribution in [0.15, 0.2) is 36.4 Å². The molecule has 2 nitrogen and oxygen atoms in total. The fraction of sp³-hybridized carbons (Fsp3) is 0.200. The molecule has 4 heteroatoms. The van der Waals surface area contributed by atoms with Gasteiger partial charge in [0.05, 0.1) is 0 Å². The van der Waals surface area contributed by atoms with Crippen molar-refractivity contribution < 1.29 is 9.13 Å². The van der Waals surface area contributed by atoms with Crippen molar-refractivity contribution in [2.75, 3.05) is 0 Å². The molecule has 0 spiro atoms. The van der Waals surface area contributed by atoms with Gasteiger partial charge in [-0.3, -0.25) is 0 Å². The Labute approximate surface area is 125 Å². The van der Waals surface area contributed by atoms with Crippen LogP contribution in [0.1, 0.15) is 24.1 Å². The Morgan fingerprint density at radius 1 is 1.21 bits per heavy atom. The van der Waals surface area contributed by atoms with Gasteiger partial charge in [0.2, 0.25) is 0 Å². The molecule has 1 atom stereocenters. The third kappa shape index (κ3) is 3.45. The van der Waals surface area contributed by atoms with Crippen LogP contribution in [-0.2, 0) is 0 Å². The van der Waals surface area contributed by atoms with Crippen LogP contribution >= 0.6 is 22.6 Å². The van der Waals surface area contributed by atoms with Crippen molar-refractivity contribution in [2.24, 2.45) is 5.73 Å². The summed E-state index contributed by atoms with van der Waals surface area (Å²) in [7, 11) is 0. The second-order valence-corrected chi connectivity index (χ2v) is 5.73. The summed E-state index contributed by atoms with van der Waals surface area (Å²) in [6, 6.07) is 10.5. The zero-order valence-corrected chi connectivity index (χ0v) is 12.9. The molecule has 0 aliphatic rings. The quantitative estimate of drug-likeness (QED) is 0.804. The zero-order chi connectivity index (χ0) is 14.0. The molecule has 0 amide bonds. The third-order valence-electron chi connectivity index (χ3n) is 2.82. The summed E-state index contributed by atoms with van der Waals surface area (Å²) in [5, 5.41) is 0. The molecule has 2 N–H and O–H groups in total. The van der Waals surface area contributed by atoms with Gasteiger partial charge in [-0.2, -0.15) is 0 Å². The fourth-order valence-electron chi connectivity index (χ4n) is 1.74. The van der Waals surface area contributed by atoms with Gasteiger partial charge in [-0.1, -0.05) is 0 Å². The molecule has 2 aromatic carbocycles. The summed E-state index contributed by atoms with van der Waals surface area (Å²) >= 11 is 2.23. The lowest BCUT2D eigenvalue weighted by Crippen LogP contribution is -2.08. The van der Waals surface area contributed by atoms with Gasteiger partial charge in [0.1, 0.15) is 17.3 Å². The molecule has 2 aromatic rings. The van der Waals surface area contributed by atoms with Crippen molar-refractivity contribution in [3.05, 3.63) is 56.9 Å². The van der Waals surface area contributed by atoms with E-state index in [1.54, 1.807) is 13.0 Å². The number of aryl methyl sites for hydroxylation is 1. The molecule has 0 fully saturated rings. The van der Waals surface area contributed by atoms with Gasteiger partial charge in [-0.25, -0.2) is 4.39 Å². The minimum Gasteiger partial charge on any atom is -0.457 e. The number of nitrogens with two attached hydrogens (primary N) is 1. The minimum atomic E-state index is -0.283. The second kappa shape index (κ2) is 5.88. The number of rotatable bonds is 3. The number of halogens is 2. The Morgan fingerprint density at radius 2 is 1.84 bits per heavy atom. The zero-order valence-electron chi connectivity index (χ0n) is 10.8. The highest BCUT2D eigenvalue weighted by molar-refractivity contribution is 14.1. The molecule has 0 aromatic heterocycles. The highest BCUT2D eigenvalue weighted by atomic mass is 127. The van der Waals surface area contributed by atoms with Crippen LogP contribution in [0.4, 0.5) is 4.39 Å². The summed E-state index contributed by atoms with van der Waals surface area (Å²) in [6.45, 7) is 3.52. The topological polar surface area (TPSA) is 35.2 Å². The maximum Gasteiger partial charge on any atom is 0.132 e. The summed E-state index contributed by atoms with van der Waals surface area (Å²) in [6.07, 6.45) is 0. The van der Waals surface area contributed by atoms with Crippen LogP contribution in [0.25, 0.3) is 0 Å². The number of benzene rings is 2. The van der Waals surface area contributed by atoms with Crippen molar-refractivity contribution in [2.45, 2.75) is 19.9 Å². The lowest BCUT2D eigenvalue weighted by molar-refractivity contribution is 0.468. The van der Waals surface area contributed by atoms with Crippen LogP contribution in [-0.4, -0.2) is 0 Å². The van der Waals surface area contributed by atoms with E-state index in [1.807, 2.05) is 31.2 Å². The van der Waals surface area contributed by atoms with Gasteiger partial charge in [0, 0.05) is 15.2 Å². The number of hydrogen-bond donors (Lipinski definition) is 1. The van der Waals surface area contributed by atoms with Crippen molar-refractivity contribution >= 4 is 22.6 Å². The van der Waals surface area contributed by atoms with Gasteiger partial charge in [-0.05, 0) is 78.4 Å². The van der Waals surface area contributed by atoms with Crippen molar-refractivity contribution in [1.29, 1.82) is 0 Å². The molecule has 0 saturated heterocycles. The predicted molar refractivity (Wildman–Crippen MR) is 83.0 cm³/mol. The summed E-state index contributed by atoms with van der Waals surface area (Å²) in [5.41, 5.74) is 7.08. The first kappa shape index (κ1) is 14.3. The van der Waals surface area contributed by atoms with Crippen LogP contribution in [0.2, 0.25) is 0 Å². The summed E-state index contributed by atoms with van der Waals surface area (Å²) in [4.78, 5) is 0. The highest BCUT2D eigenvalue weighted by Gasteiger charge is 2.12. The first-order chi connectivity index (χ1) is 8.97. The smallest absolute Gasteiger partial charge is 0.132 e. The Kier molecular flexibility index (Phi) is 4.42. The van der Waals surface area contributed by atoms with Crippen molar-refractivity contribution in [3.8, 4) is 11.5 Å². The van der Waals surface area contributed by atoms with E-state index in [-0.39, 0.29) is 11.9 Å². The Balaban J connectivity index is 2.38. The van der Waals surface area contributed by atoms with E-state index in [2.05, 4.69) is 22.6 Å². The van der Waals surface area contributed by atoms with E-state index < -0.39 is 0 Å². The highest BCUT2D eigenvalue weighted by Crippen LogP contribution is 2.31. The Morgan fingerprint density at radius 3 is 2.42 bits per heavy atom. The molecule has 0 aliphatic heterocycles. The molecule has 2 rings (SSSR count). The van der Waals surface area contributed by atoms with Crippen molar-refractivity contribution in [3.63, 3.8) is 0 Å². The average molecular weight is 371 g/mol. The van der Waals surface area contributed by atoms with E-state index in [4.69, 9.17) is 10.5 Å². The predicted octanol–water partition coefficient (Wildman–Crippen LogP) is 4.55. The first-order valence-corrected chi connectivity index (χ1v) is 7.04. The molecule has 100 valence electrons. The van der Waals surface area contributed by atoms with Crippen molar-refractivity contribution in [1.82, 2.24) is 0 Å². The van der Waals surface area contributed by atoms with Gasteiger partial charge < -0.3 is 10.5 Å². The van der Waals surface area contributed by atoms with E-state index in [9.17, 15) is 4.39 Å². The molecule has 19 heavy (non-hydrogen) atoms. The minimum absolute atomic E-state index is 0.262. The normalized spacial score (nSPS) is 12.3. The van der Waals surface area contributed by atoms with Gasteiger partial charge in [-0.15, -0.1) is 0 Å². The van der Waals surface area contributed by atoms with E-state index in [0.29, 0.717) is 22.6 Å². The van der Waals surface area contributed by atoms with Gasteiger partial charge >= 0.3 is 0 Å². The molecule has 0 aliphatic carbocycles. The molecule has 0 bridgehead atoms. The van der Waals surface area contributed by atoms with Crippen LogP contribution < -0.4 is 10.5 Å². The Bertz CT molecular complexity index is 581. The monoisotopic (exact) mass is 371 g/mol. The van der Waals surface area contributed by atoms with E-state index >= 15 is 0 Å². The molecule has 0 unspecified atom stereocenters. The van der Waals surface area contributed by atoms with E-state index in [1.165, 1.54) is 6.07 Å². The van der Waals surface area contributed by atoms with Crippen LogP contribution in [0.5, 0.6) is 11.5 Å². The molecular weight excluding hydrogens is 356 g/mol. The summed E-state index contributed by atoms with van der Waals surface area (Å²) < 4.78 is 20.5. The summed E-state index contributed by atoms with van der Waals surface area (Å²) in [5.74, 6) is 1.06. The lowest BCUT2D eigenvalue weighted by Gasteiger charge is -2.15. The molecular formula is C15H15FINO. The largest absolute Gasteiger partial charge is 0.457 e. The van der Waals surface area contributed by atoms with E-state index in [0.717, 1.165) is 3.57 Å². The second-order valence-electron chi connectivity index (χ2n) is 4.48. The maximum atomic E-state index is 13.6. The molecule has 0 radical (unpaired) electrons. The Hall–Kier alpha value is -1.14. The standard InChI is InChI=1S/C15H15FINO/c1-9-7-15(13(10(2)18)8-14(9)16)19-12-5-3-11(17)4-6-12/h3-8,10H,18H2,1-2H3/t10-/m1/s1. The lowest BCUT2D eigenvalue weighted by atomic mass is 10.1. The number of ether oxygens (including phenoxy) is 1. The average Bonchev–Trinajstić information content (AvgIpc) is 2.36. The SMILES string of the molecule is Cc1cc(Oc2ccc(I)cc2)c([C@@H](C)N)cc1F. The molecule has 0 saturated carbocycles. The van der Waals surface area contributed by atoms with Gasteiger partial charge in [0.25, 0.3) is 0 Å². The third-order valence-corrected chi connectivity index (χ3v) is 3.54. The van der Waals surface area contributed by atoms with Crippen LogP contribution in [0, 0.1) is 16.3 Å². The maximum absolute atomic E-state index is 13.6. The van der Waals surface area contributed by atoms with Gasteiger partial charge in [0.15, 0.2) is 0 Å². The molecule has 0 heterocycles. The van der Waals surface area contributed by atoms with Crippen LogP contribution in [0.3, 0.4) is 0 Å². The number of hydrogen-bond acceptors (Lipinski definition) is 2. The fourth-order valence-corrected chi connectivity index (χ4v) is 2.10. The first-order valence-electron chi connectivity index (χ1n) is 5.96.